The number of rotatable bonds is 3. The van der Waals surface area contributed by atoms with Gasteiger partial charge >= 0.3 is 0 Å². The van der Waals surface area contributed by atoms with Gasteiger partial charge in [0, 0.05) is 16.2 Å². The summed E-state index contributed by atoms with van der Waals surface area (Å²) < 4.78 is 0.750. The Hall–Kier alpha value is -0.610. The zero-order valence-corrected chi connectivity index (χ0v) is 9.65. The Morgan fingerprint density at radius 3 is 2.85 bits per heavy atom. The monoisotopic (exact) mass is 256 g/mol. The van der Waals surface area contributed by atoms with E-state index in [9.17, 15) is 0 Å². The molecule has 0 unspecified atom stereocenters. The summed E-state index contributed by atoms with van der Waals surface area (Å²) in [5.41, 5.74) is 1.69. The first kappa shape index (κ1) is 10.5. The van der Waals surface area contributed by atoms with Crippen molar-refractivity contribution in [3.63, 3.8) is 0 Å². The van der Waals surface area contributed by atoms with E-state index in [-0.39, 0.29) is 0 Å². The van der Waals surface area contributed by atoms with Gasteiger partial charge in [-0.25, -0.2) is 9.97 Å². The Kier molecular flexibility index (Phi) is 3.69. The molecule has 1 aromatic rings. The van der Waals surface area contributed by atoms with Crippen LogP contribution >= 0.6 is 27.7 Å². The van der Waals surface area contributed by atoms with E-state index in [0.717, 1.165) is 20.9 Å². The van der Waals surface area contributed by atoms with E-state index in [4.69, 9.17) is 0 Å². The number of aromatic nitrogens is 2. The summed E-state index contributed by atoms with van der Waals surface area (Å²) in [4.78, 5) is 8.43. The summed E-state index contributed by atoms with van der Waals surface area (Å²) in [5, 5.41) is 0.737. The molecule has 1 aromatic heterocycles. The van der Waals surface area contributed by atoms with Gasteiger partial charge in [-0.2, -0.15) is 0 Å². The van der Waals surface area contributed by atoms with Gasteiger partial charge in [0.25, 0.3) is 0 Å². The largest absolute Gasteiger partial charge is 0.230 e. The molecule has 0 saturated heterocycles. The molecule has 0 atom stereocenters. The summed E-state index contributed by atoms with van der Waals surface area (Å²) in [5.74, 6) is 0. The van der Waals surface area contributed by atoms with E-state index >= 15 is 0 Å². The maximum atomic E-state index is 4.30. The van der Waals surface area contributed by atoms with Gasteiger partial charge in [-0.05, 0) is 22.2 Å². The lowest BCUT2D eigenvalue weighted by Crippen LogP contribution is -1.93. The summed E-state index contributed by atoms with van der Waals surface area (Å²) in [6, 6.07) is 0. The Morgan fingerprint density at radius 2 is 2.38 bits per heavy atom. The number of halogens is 1. The second-order valence-electron chi connectivity index (χ2n) is 2.27. The predicted octanol–water partition coefficient (Wildman–Crippen LogP) is 3.21. The fourth-order valence-electron chi connectivity index (χ4n) is 0.840. The summed E-state index contributed by atoms with van der Waals surface area (Å²) in [6.45, 7) is 7.46. The number of hydrogen-bond acceptors (Lipinski definition) is 3. The third-order valence-corrected chi connectivity index (χ3v) is 2.39. The SMILES string of the molecule is C=Cc1cnc(SC)nc1C(=C)Br. The molecule has 13 heavy (non-hydrogen) atoms. The minimum Gasteiger partial charge on any atom is -0.230 e. The first-order valence-electron chi connectivity index (χ1n) is 3.57. The van der Waals surface area contributed by atoms with Crippen molar-refractivity contribution in [2.45, 2.75) is 5.16 Å². The highest BCUT2D eigenvalue weighted by Crippen LogP contribution is 2.22. The standard InChI is InChI=1S/C9H9BrN2S/c1-4-7-5-11-9(13-3)12-8(7)6(2)10/h4-5H,1-2H2,3H3. The first-order valence-corrected chi connectivity index (χ1v) is 5.59. The maximum absolute atomic E-state index is 4.30. The maximum Gasteiger partial charge on any atom is 0.187 e. The molecule has 0 fully saturated rings. The molecule has 0 amide bonds. The Bertz CT molecular complexity index is 349. The van der Waals surface area contributed by atoms with Gasteiger partial charge in [0.05, 0.1) is 5.69 Å². The minimum atomic E-state index is 0.737. The molecule has 0 spiro atoms. The van der Waals surface area contributed by atoms with Crippen molar-refractivity contribution >= 4 is 38.3 Å². The van der Waals surface area contributed by atoms with Crippen LogP contribution in [0.15, 0.2) is 24.5 Å². The van der Waals surface area contributed by atoms with Crippen molar-refractivity contribution in [1.82, 2.24) is 9.97 Å². The summed E-state index contributed by atoms with van der Waals surface area (Å²) in [6.07, 6.45) is 5.39. The molecular weight excluding hydrogens is 248 g/mol. The molecule has 0 bridgehead atoms. The molecule has 68 valence electrons. The molecule has 1 heterocycles. The van der Waals surface area contributed by atoms with E-state index < -0.39 is 0 Å². The molecule has 0 N–H and O–H groups in total. The van der Waals surface area contributed by atoms with Crippen LogP contribution in [0.3, 0.4) is 0 Å². The quantitative estimate of drug-likeness (QED) is 0.614. The van der Waals surface area contributed by atoms with Gasteiger partial charge in [-0.15, -0.1) is 0 Å². The summed E-state index contributed by atoms with van der Waals surface area (Å²) >= 11 is 4.80. The van der Waals surface area contributed by atoms with Crippen LogP contribution in [0.25, 0.3) is 10.6 Å². The predicted molar refractivity (Wildman–Crippen MR) is 61.9 cm³/mol. The highest BCUT2D eigenvalue weighted by atomic mass is 79.9. The fourth-order valence-corrected chi connectivity index (χ4v) is 1.50. The molecule has 4 heteroatoms. The Morgan fingerprint density at radius 1 is 1.69 bits per heavy atom. The lowest BCUT2D eigenvalue weighted by molar-refractivity contribution is 0.955. The van der Waals surface area contributed by atoms with Gasteiger partial charge in [0.15, 0.2) is 5.16 Å². The van der Waals surface area contributed by atoms with E-state index in [0.29, 0.717) is 0 Å². The van der Waals surface area contributed by atoms with Crippen molar-refractivity contribution < 1.29 is 0 Å². The number of thioether (sulfide) groups is 1. The topological polar surface area (TPSA) is 25.8 Å². The Balaban J connectivity index is 3.25. The normalized spacial score (nSPS) is 9.69. The zero-order chi connectivity index (χ0) is 9.84. The number of nitrogens with zero attached hydrogens (tertiary/aromatic N) is 2. The van der Waals surface area contributed by atoms with Crippen LogP contribution < -0.4 is 0 Å². The van der Waals surface area contributed by atoms with Crippen molar-refractivity contribution in [3.8, 4) is 0 Å². The Labute approximate surface area is 90.3 Å². The van der Waals surface area contributed by atoms with Crippen LogP contribution in [0.1, 0.15) is 11.3 Å². The third-order valence-electron chi connectivity index (χ3n) is 1.45. The van der Waals surface area contributed by atoms with Gasteiger partial charge in [-0.1, -0.05) is 31.0 Å². The van der Waals surface area contributed by atoms with E-state index in [1.54, 1.807) is 12.3 Å². The minimum absolute atomic E-state index is 0.737. The molecule has 0 aliphatic heterocycles. The van der Waals surface area contributed by atoms with E-state index in [1.807, 2.05) is 6.26 Å². The van der Waals surface area contributed by atoms with Gasteiger partial charge in [0.2, 0.25) is 0 Å². The molecule has 0 aliphatic rings. The smallest absolute Gasteiger partial charge is 0.187 e. The zero-order valence-electron chi connectivity index (χ0n) is 7.25. The molecule has 1 rings (SSSR count). The van der Waals surface area contributed by atoms with Crippen LogP contribution in [-0.2, 0) is 0 Å². The van der Waals surface area contributed by atoms with Crippen molar-refractivity contribution in [1.29, 1.82) is 0 Å². The fraction of sp³-hybridized carbons (Fsp3) is 0.111. The van der Waals surface area contributed by atoms with Crippen LogP contribution in [-0.4, -0.2) is 16.2 Å². The van der Waals surface area contributed by atoms with Crippen LogP contribution in [0.2, 0.25) is 0 Å². The molecule has 2 nitrogen and oxygen atoms in total. The van der Waals surface area contributed by atoms with Crippen LogP contribution in [0, 0.1) is 0 Å². The number of hydrogen-bond donors (Lipinski definition) is 0. The molecular formula is C9H9BrN2S. The molecule has 0 aliphatic carbocycles. The lowest BCUT2D eigenvalue weighted by atomic mass is 10.2. The van der Waals surface area contributed by atoms with E-state index in [2.05, 4.69) is 39.1 Å². The van der Waals surface area contributed by atoms with Crippen molar-refractivity contribution in [2.24, 2.45) is 0 Å². The third kappa shape index (κ3) is 2.42. The van der Waals surface area contributed by atoms with E-state index in [1.165, 1.54) is 11.8 Å². The highest BCUT2D eigenvalue weighted by molar-refractivity contribution is 9.15. The van der Waals surface area contributed by atoms with Crippen molar-refractivity contribution in [3.05, 3.63) is 30.6 Å². The first-order chi connectivity index (χ1) is 6.19. The molecule has 0 radical (unpaired) electrons. The highest BCUT2D eigenvalue weighted by Gasteiger charge is 2.05. The van der Waals surface area contributed by atoms with Gasteiger partial charge in [0.1, 0.15) is 0 Å². The average Bonchev–Trinajstić information content (AvgIpc) is 2.16. The lowest BCUT2D eigenvalue weighted by Gasteiger charge is -2.03. The van der Waals surface area contributed by atoms with Gasteiger partial charge < -0.3 is 0 Å². The van der Waals surface area contributed by atoms with Crippen molar-refractivity contribution in [2.75, 3.05) is 6.26 Å². The average molecular weight is 257 g/mol. The van der Waals surface area contributed by atoms with Gasteiger partial charge in [-0.3, -0.25) is 0 Å². The van der Waals surface area contributed by atoms with Crippen LogP contribution in [0.5, 0.6) is 0 Å². The summed E-state index contributed by atoms with van der Waals surface area (Å²) in [7, 11) is 0. The van der Waals surface area contributed by atoms with Crippen LogP contribution in [0.4, 0.5) is 0 Å². The molecule has 0 saturated carbocycles. The molecule has 0 aromatic carbocycles. The second-order valence-corrected chi connectivity index (χ2v) is 4.00. The second kappa shape index (κ2) is 4.58.